The van der Waals surface area contributed by atoms with Crippen molar-refractivity contribution in [1.82, 2.24) is 4.98 Å². The Morgan fingerprint density at radius 1 is 1.30 bits per heavy atom. The number of hydrogen-bond acceptors (Lipinski definition) is 3. The van der Waals surface area contributed by atoms with Crippen molar-refractivity contribution in [2.45, 2.75) is 25.7 Å². The van der Waals surface area contributed by atoms with Gasteiger partial charge in [0, 0.05) is 11.6 Å². The van der Waals surface area contributed by atoms with Gasteiger partial charge in [0.15, 0.2) is 0 Å². The number of nitrogens with zero attached hydrogens (tertiary/aromatic N) is 1. The second kappa shape index (κ2) is 7.83. The van der Waals surface area contributed by atoms with Gasteiger partial charge < -0.3 is 0 Å². The van der Waals surface area contributed by atoms with E-state index < -0.39 is 15.7 Å². The van der Waals surface area contributed by atoms with Gasteiger partial charge >= 0.3 is 0 Å². The Morgan fingerprint density at radius 3 is 2.52 bits per heavy atom. The summed E-state index contributed by atoms with van der Waals surface area (Å²) in [6.45, 7) is 12.3. The topological polar surface area (TPSA) is 47.0 Å². The largest absolute Gasteiger partial charge is 0.255 e. The molecule has 0 aliphatic heterocycles. The van der Waals surface area contributed by atoms with Crippen LogP contribution in [0, 0.1) is 6.92 Å². The molecule has 0 aliphatic carbocycles. The van der Waals surface area contributed by atoms with Gasteiger partial charge in [-0.2, -0.15) is 0 Å². The molecule has 0 bridgehead atoms. The molecular formula is C18H20FNO2S. The Kier molecular flexibility index (Phi) is 6.39. The van der Waals surface area contributed by atoms with Crippen molar-refractivity contribution in [3.05, 3.63) is 72.1 Å². The van der Waals surface area contributed by atoms with E-state index in [0.29, 0.717) is 5.39 Å². The fraction of sp³-hybridized carbons (Fsp3) is 0.167. The Morgan fingerprint density at radius 2 is 1.96 bits per heavy atom. The Hall–Kier alpha value is -2.27. The molecule has 122 valence electrons. The SMILES string of the molecule is C=C/C(=C\C(=C)F)S(=O)(=O)c1cnc2c(C)cccc2c1.CC. The van der Waals surface area contributed by atoms with E-state index in [9.17, 15) is 12.8 Å². The molecule has 1 heterocycles. The monoisotopic (exact) mass is 333 g/mol. The van der Waals surface area contributed by atoms with Crippen LogP contribution in [0.15, 0.2) is 71.4 Å². The van der Waals surface area contributed by atoms with E-state index in [4.69, 9.17) is 0 Å². The molecule has 0 atom stereocenters. The zero-order valence-electron chi connectivity index (χ0n) is 13.5. The van der Waals surface area contributed by atoms with Gasteiger partial charge in [-0.15, -0.1) is 0 Å². The summed E-state index contributed by atoms with van der Waals surface area (Å²) in [5, 5.41) is 0.707. The van der Waals surface area contributed by atoms with Crippen LogP contribution in [-0.2, 0) is 9.84 Å². The Balaban J connectivity index is 0.00000127. The first-order valence-corrected chi connectivity index (χ1v) is 8.63. The van der Waals surface area contributed by atoms with E-state index >= 15 is 0 Å². The normalized spacial score (nSPS) is 11.6. The third kappa shape index (κ3) is 4.13. The lowest BCUT2D eigenvalue weighted by Crippen LogP contribution is -2.04. The van der Waals surface area contributed by atoms with Crippen molar-refractivity contribution in [3.63, 3.8) is 0 Å². The minimum atomic E-state index is -3.87. The fourth-order valence-corrected chi connectivity index (χ4v) is 3.22. The maximum Gasteiger partial charge on any atom is 0.208 e. The second-order valence-corrected chi connectivity index (χ2v) is 6.47. The number of rotatable bonds is 4. The van der Waals surface area contributed by atoms with Crippen molar-refractivity contribution < 1.29 is 12.8 Å². The smallest absolute Gasteiger partial charge is 0.208 e. The summed E-state index contributed by atoms with van der Waals surface area (Å²) in [6.07, 6.45) is 3.19. The molecule has 0 amide bonds. The molecule has 0 unspecified atom stereocenters. The summed E-state index contributed by atoms with van der Waals surface area (Å²) in [6, 6.07) is 7.01. The highest BCUT2D eigenvalue weighted by Crippen LogP contribution is 2.25. The van der Waals surface area contributed by atoms with E-state index in [1.165, 1.54) is 12.3 Å². The first-order chi connectivity index (χ1) is 10.9. The molecule has 3 nitrogen and oxygen atoms in total. The Bertz CT molecular complexity index is 868. The van der Waals surface area contributed by atoms with E-state index in [2.05, 4.69) is 18.1 Å². The predicted molar refractivity (Wildman–Crippen MR) is 93.5 cm³/mol. The molecular weight excluding hydrogens is 313 g/mol. The number of pyridine rings is 1. The molecule has 0 fully saturated rings. The number of sulfone groups is 1. The third-order valence-electron chi connectivity index (χ3n) is 3.01. The van der Waals surface area contributed by atoms with Crippen LogP contribution in [0.25, 0.3) is 10.9 Å². The lowest BCUT2D eigenvalue weighted by atomic mass is 10.1. The van der Waals surface area contributed by atoms with Crippen molar-refractivity contribution in [2.24, 2.45) is 0 Å². The number of halogens is 1. The number of aromatic nitrogens is 1. The second-order valence-electron chi connectivity index (χ2n) is 4.52. The van der Waals surface area contributed by atoms with Crippen molar-refractivity contribution in [3.8, 4) is 0 Å². The van der Waals surface area contributed by atoms with Crippen LogP contribution in [0.1, 0.15) is 19.4 Å². The maximum absolute atomic E-state index is 12.9. The summed E-state index contributed by atoms with van der Waals surface area (Å²) < 4.78 is 37.8. The molecule has 0 saturated carbocycles. The third-order valence-corrected chi connectivity index (χ3v) is 4.76. The van der Waals surface area contributed by atoms with Gasteiger partial charge in [-0.25, -0.2) is 12.8 Å². The van der Waals surface area contributed by atoms with Crippen molar-refractivity contribution >= 4 is 20.7 Å². The van der Waals surface area contributed by atoms with E-state index in [0.717, 1.165) is 23.2 Å². The average Bonchev–Trinajstić information content (AvgIpc) is 2.54. The molecule has 2 rings (SSSR count). The summed E-state index contributed by atoms with van der Waals surface area (Å²) >= 11 is 0. The molecule has 2 aromatic rings. The molecule has 0 N–H and O–H groups in total. The van der Waals surface area contributed by atoms with Gasteiger partial charge in [-0.05, 0) is 24.6 Å². The Labute approximate surface area is 136 Å². The summed E-state index contributed by atoms with van der Waals surface area (Å²) in [4.78, 5) is 3.93. The van der Waals surface area contributed by atoms with E-state index in [1.54, 1.807) is 6.07 Å². The zero-order chi connectivity index (χ0) is 17.6. The van der Waals surface area contributed by atoms with Crippen LogP contribution < -0.4 is 0 Å². The highest BCUT2D eigenvalue weighted by molar-refractivity contribution is 7.95. The lowest BCUT2D eigenvalue weighted by Gasteiger charge is -2.07. The number of para-hydroxylation sites is 1. The molecule has 1 aromatic carbocycles. The summed E-state index contributed by atoms with van der Waals surface area (Å²) in [5.41, 5.74) is 1.68. The predicted octanol–water partition coefficient (Wildman–Crippen LogP) is 4.90. The minimum Gasteiger partial charge on any atom is -0.255 e. The first-order valence-electron chi connectivity index (χ1n) is 7.15. The standard InChI is InChI=1S/C16H14FNO2S.C2H6/c1-4-14(8-12(3)17)21(19,20)15-9-13-7-5-6-11(2)16(13)18-10-15;1-2/h4-10H,1,3H2,2H3;1-2H3/b14-8+;. The van der Waals surface area contributed by atoms with Crippen LogP contribution in [0.2, 0.25) is 0 Å². The number of benzene rings is 1. The van der Waals surface area contributed by atoms with Gasteiger partial charge in [0.1, 0.15) is 5.83 Å². The van der Waals surface area contributed by atoms with Crippen LogP contribution in [0.4, 0.5) is 4.39 Å². The minimum absolute atomic E-state index is 0.00648. The van der Waals surface area contributed by atoms with Gasteiger partial charge in [-0.1, -0.05) is 51.3 Å². The molecule has 5 heteroatoms. The average molecular weight is 333 g/mol. The summed E-state index contributed by atoms with van der Waals surface area (Å²) in [5.74, 6) is -0.849. The highest BCUT2D eigenvalue weighted by Gasteiger charge is 2.19. The number of aryl methyl sites for hydroxylation is 1. The number of fused-ring (bicyclic) bond motifs is 1. The summed E-state index contributed by atoms with van der Waals surface area (Å²) in [7, 11) is -3.87. The lowest BCUT2D eigenvalue weighted by molar-refractivity contribution is 0.602. The van der Waals surface area contributed by atoms with Gasteiger partial charge in [0.05, 0.1) is 15.3 Å². The molecule has 1 aromatic heterocycles. The van der Waals surface area contributed by atoms with Crippen LogP contribution in [0.3, 0.4) is 0 Å². The van der Waals surface area contributed by atoms with Crippen LogP contribution >= 0.6 is 0 Å². The highest BCUT2D eigenvalue weighted by atomic mass is 32.2. The first kappa shape index (κ1) is 18.8. The molecule has 0 radical (unpaired) electrons. The molecule has 0 saturated heterocycles. The fourth-order valence-electron chi connectivity index (χ4n) is 1.98. The zero-order valence-corrected chi connectivity index (χ0v) is 14.3. The van der Waals surface area contributed by atoms with E-state index in [-0.39, 0.29) is 9.80 Å². The van der Waals surface area contributed by atoms with Gasteiger partial charge in [0.2, 0.25) is 9.84 Å². The van der Waals surface area contributed by atoms with Crippen molar-refractivity contribution in [2.75, 3.05) is 0 Å². The quantitative estimate of drug-likeness (QED) is 0.748. The van der Waals surface area contributed by atoms with Gasteiger partial charge in [-0.3, -0.25) is 4.98 Å². The van der Waals surface area contributed by atoms with Crippen LogP contribution in [-0.4, -0.2) is 13.4 Å². The number of allylic oxidation sites excluding steroid dienone is 3. The van der Waals surface area contributed by atoms with Crippen molar-refractivity contribution in [1.29, 1.82) is 0 Å². The molecule has 0 aliphatic rings. The number of hydrogen-bond donors (Lipinski definition) is 0. The van der Waals surface area contributed by atoms with Crippen LogP contribution in [0.5, 0.6) is 0 Å². The molecule has 23 heavy (non-hydrogen) atoms. The maximum atomic E-state index is 12.9. The van der Waals surface area contributed by atoms with E-state index in [1.807, 2.05) is 32.9 Å². The van der Waals surface area contributed by atoms with Gasteiger partial charge in [0.25, 0.3) is 0 Å². The molecule has 0 spiro atoms.